The van der Waals surface area contributed by atoms with Crippen LogP contribution >= 0.6 is 0 Å². The van der Waals surface area contributed by atoms with Crippen LogP contribution < -0.4 is 4.74 Å². The maximum Gasteiger partial charge on any atom is 0.277 e. The van der Waals surface area contributed by atoms with Crippen LogP contribution in [0.3, 0.4) is 0 Å². The number of aryl methyl sites for hydroxylation is 1. The molecule has 0 saturated carbocycles. The Morgan fingerprint density at radius 3 is 2.33 bits per heavy atom. The van der Waals surface area contributed by atoms with Gasteiger partial charge in [0.05, 0.1) is 16.7 Å². The van der Waals surface area contributed by atoms with Crippen LogP contribution in [0.15, 0.2) is 54.2 Å². The Kier molecular flexibility index (Phi) is 6.86. The van der Waals surface area contributed by atoms with Crippen LogP contribution in [0, 0.1) is 17.0 Å². The van der Waals surface area contributed by atoms with Crippen molar-refractivity contribution >= 4 is 22.8 Å². The summed E-state index contributed by atoms with van der Waals surface area (Å²) in [5.74, 6) is -0.467. The van der Waals surface area contributed by atoms with Crippen LogP contribution in [-0.4, -0.2) is 32.9 Å². The molecule has 0 bridgehead atoms. The van der Waals surface area contributed by atoms with Gasteiger partial charge in [-0.1, -0.05) is 35.9 Å². The van der Waals surface area contributed by atoms with Gasteiger partial charge >= 0.3 is 0 Å². The number of carbonyl (C=O) groups is 2. The Morgan fingerprint density at radius 1 is 1.06 bits per heavy atom. The van der Waals surface area contributed by atoms with Crippen LogP contribution in [0.25, 0.3) is 5.57 Å². The minimum absolute atomic E-state index is 0.0566. The minimum atomic E-state index is -0.448. The van der Waals surface area contributed by atoms with Crippen molar-refractivity contribution in [2.45, 2.75) is 27.7 Å². The van der Waals surface area contributed by atoms with Gasteiger partial charge < -0.3 is 4.74 Å². The van der Waals surface area contributed by atoms with Crippen molar-refractivity contribution in [2.75, 3.05) is 6.61 Å². The molecule has 0 aliphatic carbocycles. The van der Waals surface area contributed by atoms with E-state index in [9.17, 15) is 19.7 Å². The lowest BCUT2D eigenvalue weighted by molar-refractivity contribution is -0.385. The summed E-state index contributed by atoms with van der Waals surface area (Å²) in [5, 5.41) is 15.7. The number of allylic oxidation sites excluding steroid dienone is 2. The molecule has 3 aromatic rings. The van der Waals surface area contributed by atoms with Crippen molar-refractivity contribution in [3.05, 3.63) is 92.2 Å². The first-order chi connectivity index (χ1) is 15.6. The van der Waals surface area contributed by atoms with Gasteiger partial charge in [-0.25, -0.2) is 4.68 Å². The first kappa shape index (κ1) is 23.6. The number of benzene rings is 2. The fraction of sp³-hybridized carbons (Fsp3) is 0.240. The maximum absolute atomic E-state index is 13.4. The molecule has 0 saturated heterocycles. The maximum atomic E-state index is 13.4. The molecule has 0 N–H and O–H groups in total. The normalized spacial score (nSPS) is 10.6. The molecule has 170 valence electrons. The van der Waals surface area contributed by atoms with Crippen LogP contribution in [0.1, 0.15) is 58.2 Å². The summed E-state index contributed by atoms with van der Waals surface area (Å²) in [6.07, 6.45) is 1.37. The van der Waals surface area contributed by atoms with Gasteiger partial charge in [0.2, 0.25) is 5.88 Å². The van der Waals surface area contributed by atoms with Gasteiger partial charge in [0.1, 0.15) is 5.56 Å². The number of hydrogen-bond donors (Lipinski definition) is 0. The highest BCUT2D eigenvalue weighted by molar-refractivity contribution is 6.12. The summed E-state index contributed by atoms with van der Waals surface area (Å²) in [5.41, 5.74) is 3.51. The highest BCUT2D eigenvalue weighted by Gasteiger charge is 2.26. The van der Waals surface area contributed by atoms with Gasteiger partial charge in [-0.15, -0.1) is 0 Å². The number of nitro benzene ring substituents is 1. The molecule has 0 fully saturated rings. The third-order valence-electron chi connectivity index (χ3n) is 5.57. The second-order valence-electron chi connectivity index (χ2n) is 7.91. The van der Waals surface area contributed by atoms with E-state index in [-0.39, 0.29) is 35.3 Å². The zero-order valence-electron chi connectivity index (χ0n) is 19.2. The van der Waals surface area contributed by atoms with Crippen LogP contribution in [0.4, 0.5) is 5.69 Å². The molecule has 33 heavy (non-hydrogen) atoms. The molecule has 1 aromatic heterocycles. The van der Waals surface area contributed by atoms with Crippen LogP contribution in [0.5, 0.6) is 5.88 Å². The summed E-state index contributed by atoms with van der Waals surface area (Å²) in [6.45, 7) is 6.96. The Hall–Kier alpha value is -4.07. The molecule has 0 amide bonds. The summed E-state index contributed by atoms with van der Waals surface area (Å²) >= 11 is 0. The zero-order valence-corrected chi connectivity index (χ0v) is 19.2. The van der Waals surface area contributed by atoms with E-state index in [0.717, 1.165) is 11.1 Å². The molecule has 0 aliphatic rings. The second-order valence-corrected chi connectivity index (χ2v) is 7.91. The van der Waals surface area contributed by atoms with Crippen molar-refractivity contribution in [3.8, 4) is 5.88 Å². The molecular formula is C25H25N3O5. The molecule has 0 radical (unpaired) electrons. The Bertz CT molecular complexity index is 1270. The summed E-state index contributed by atoms with van der Waals surface area (Å²) in [7, 11) is 1.61. The lowest BCUT2D eigenvalue weighted by Crippen LogP contribution is -2.15. The molecule has 8 heteroatoms. The summed E-state index contributed by atoms with van der Waals surface area (Å²) in [6, 6.07) is 11.5. The van der Waals surface area contributed by atoms with Crippen molar-refractivity contribution in [2.24, 2.45) is 7.05 Å². The number of ether oxygens (including phenoxy) is 1. The third kappa shape index (κ3) is 4.74. The number of nitro groups is 1. The van der Waals surface area contributed by atoms with E-state index in [2.05, 4.69) is 5.10 Å². The predicted octanol–water partition coefficient (Wildman–Crippen LogP) is 4.94. The smallest absolute Gasteiger partial charge is 0.277 e. The number of hydrogen-bond acceptors (Lipinski definition) is 6. The predicted molar refractivity (Wildman–Crippen MR) is 125 cm³/mol. The number of Topliss-reactive ketones (excluding diaryl/α,β-unsaturated/α-hetero) is 1. The third-order valence-corrected chi connectivity index (χ3v) is 5.57. The number of carbonyl (C=O) groups excluding carboxylic acids is 2. The molecule has 0 unspecified atom stereocenters. The Morgan fingerprint density at radius 2 is 1.73 bits per heavy atom. The molecule has 0 aliphatic heterocycles. The molecule has 8 nitrogen and oxygen atoms in total. The van der Waals surface area contributed by atoms with Crippen molar-refractivity contribution in [1.29, 1.82) is 0 Å². The number of rotatable bonds is 8. The highest BCUT2D eigenvalue weighted by Crippen LogP contribution is 2.34. The molecule has 1 heterocycles. The van der Waals surface area contributed by atoms with Gasteiger partial charge in [-0.3, -0.25) is 19.7 Å². The molecule has 3 rings (SSSR count). The average molecular weight is 447 g/mol. The second kappa shape index (κ2) is 9.60. The standard InChI is InChI=1S/C25H25N3O5/c1-15(2)16(3)23-17(4)19(11-12-21(23)28(31)32)24(30)20-13-26-27(5)25(20)33-14-22(29)18-9-7-6-8-10-18/h6-13H,14H2,1-5H3. The topological polar surface area (TPSA) is 104 Å². The van der Waals surface area contributed by atoms with Gasteiger partial charge in [0.15, 0.2) is 18.2 Å². The van der Waals surface area contributed by atoms with Gasteiger partial charge in [0, 0.05) is 24.2 Å². The van der Waals surface area contributed by atoms with Crippen LogP contribution in [-0.2, 0) is 7.05 Å². The number of ketones is 2. The summed E-state index contributed by atoms with van der Waals surface area (Å²) < 4.78 is 7.08. The number of aromatic nitrogens is 2. The minimum Gasteiger partial charge on any atom is -0.469 e. The Labute approximate surface area is 191 Å². The highest BCUT2D eigenvalue weighted by atomic mass is 16.6. The van der Waals surface area contributed by atoms with E-state index in [4.69, 9.17) is 4.74 Å². The van der Waals surface area contributed by atoms with Crippen molar-refractivity contribution in [1.82, 2.24) is 9.78 Å². The SMILES string of the molecule is CC(C)=C(C)c1c([N+](=O)[O-])ccc(C(=O)c2cnn(C)c2OCC(=O)c2ccccc2)c1C. The zero-order chi connectivity index (χ0) is 24.3. The van der Waals surface area contributed by atoms with Gasteiger partial charge in [0.25, 0.3) is 5.69 Å². The lowest BCUT2D eigenvalue weighted by atomic mass is 9.90. The monoisotopic (exact) mass is 447 g/mol. The van der Waals surface area contributed by atoms with E-state index in [1.165, 1.54) is 23.0 Å². The first-order valence-corrected chi connectivity index (χ1v) is 10.3. The largest absolute Gasteiger partial charge is 0.469 e. The van der Waals surface area contributed by atoms with E-state index in [0.29, 0.717) is 22.3 Å². The van der Waals surface area contributed by atoms with E-state index in [1.54, 1.807) is 45.2 Å². The van der Waals surface area contributed by atoms with E-state index in [1.807, 2.05) is 19.9 Å². The molecule has 0 atom stereocenters. The Balaban J connectivity index is 1.99. The van der Waals surface area contributed by atoms with E-state index < -0.39 is 4.92 Å². The van der Waals surface area contributed by atoms with Crippen LogP contribution in [0.2, 0.25) is 0 Å². The van der Waals surface area contributed by atoms with E-state index >= 15 is 0 Å². The van der Waals surface area contributed by atoms with Crippen molar-refractivity contribution in [3.63, 3.8) is 0 Å². The summed E-state index contributed by atoms with van der Waals surface area (Å²) in [4.78, 5) is 37.0. The molecule has 0 spiro atoms. The average Bonchev–Trinajstić information content (AvgIpc) is 3.16. The van der Waals surface area contributed by atoms with Crippen molar-refractivity contribution < 1.29 is 19.2 Å². The molecular weight excluding hydrogens is 422 g/mol. The van der Waals surface area contributed by atoms with Gasteiger partial charge in [-0.2, -0.15) is 5.10 Å². The quantitative estimate of drug-likeness (QED) is 0.275. The number of nitrogens with zero attached hydrogens (tertiary/aromatic N) is 3. The lowest BCUT2D eigenvalue weighted by Gasteiger charge is -2.14. The molecule has 2 aromatic carbocycles. The van der Waals surface area contributed by atoms with Gasteiger partial charge in [-0.05, 0) is 44.9 Å². The fourth-order valence-corrected chi connectivity index (χ4v) is 3.56. The first-order valence-electron chi connectivity index (χ1n) is 10.3. The fourth-order valence-electron chi connectivity index (χ4n) is 3.56.